The minimum Gasteiger partial charge on any atom is -0.443 e. The highest BCUT2D eigenvalue weighted by Gasteiger charge is 2.53. The number of carbonyl (C=O) groups is 1. The molecular formula is C30H46N2O5. The highest BCUT2D eigenvalue weighted by Crippen LogP contribution is 2.51. The van der Waals surface area contributed by atoms with Crippen LogP contribution in [0.2, 0.25) is 0 Å². The summed E-state index contributed by atoms with van der Waals surface area (Å²) in [7, 11) is 0. The number of ether oxygens (including phenoxy) is 3. The van der Waals surface area contributed by atoms with E-state index in [1.807, 2.05) is 39.0 Å². The number of rotatable bonds is 10. The Balaban J connectivity index is 1.97. The van der Waals surface area contributed by atoms with Gasteiger partial charge >= 0.3 is 6.09 Å². The predicted octanol–water partition coefficient (Wildman–Crippen LogP) is 5.71. The van der Waals surface area contributed by atoms with Gasteiger partial charge in [0.05, 0.1) is 30.2 Å². The fourth-order valence-corrected chi connectivity index (χ4v) is 6.13. The number of nitrogens with zero attached hydrogens (tertiary/aromatic N) is 1. The molecule has 0 radical (unpaired) electrons. The quantitative estimate of drug-likeness (QED) is 0.395. The lowest BCUT2D eigenvalue weighted by Crippen LogP contribution is -2.51. The first-order valence-electron chi connectivity index (χ1n) is 14.2. The molecule has 1 fully saturated rings. The van der Waals surface area contributed by atoms with E-state index in [-0.39, 0.29) is 12.0 Å². The molecule has 0 saturated carbocycles. The second-order valence-corrected chi connectivity index (χ2v) is 11.8. The minimum absolute atomic E-state index is 0.0725. The van der Waals surface area contributed by atoms with Crippen LogP contribution in [0.4, 0.5) is 4.79 Å². The van der Waals surface area contributed by atoms with E-state index in [9.17, 15) is 9.90 Å². The zero-order chi connectivity index (χ0) is 26.6. The highest BCUT2D eigenvalue weighted by atomic mass is 16.6. The molecule has 0 amide bonds. The number of aliphatic hydroxyl groups is 1. The van der Waals surface area contributed by atoms with Gasteiger partial charge in [-0.3, -0.25) is 0 Å². The molecule has 2 aliphatic rings. The molecule has 2 N–H and O–H groups in total. The van der Waals surface area contributed by atoms with Gasteiger partial charge in [-0.2, -0.15) is 0 Å². The van der Waals surface area contributed by atoms with E-state index in [4.69, 9.17) is 14.2 Å². The molecule has 7 heteroatoms. The molecular weight excluding hydrogens is 468 g/mol. The monoisotopic (exact) mass is 514 g/mol. The van der Waals surface area contributed by atoms with Crippen molar-refractivity contribution < 1.29 is 24.1 Å². The lowest BCUT2D eigenvalue weighted by Gasteiger charge is -2.43. The largest absolute Gasteiger partial charge is 0.443 e. The first kappa shape index (κ1) is 28.1. The van der Waals surface area contributed by atoms with Crippen LogP contribution in [0.25, 0.3) is 10.9 Å². The van der Waals surface area contributed by atoms with Gasteiger partial charge in [-0.1, -0.05) is 44.9 Å². The lowest BCUT2D eigenvalue weighted by atomic mass is 9.69. The standard InChI is InChI=1S/C30H46N2O5/c1-6-8-16-35-19-30(20-36-17-9-7-2)22-14-15-31-23(18-25(22)33)26-21-12-10-11-13-24(21)32(27(26)30)28(34)37-29(3,4)5/h10-13,22-23,25,31,33H,6-9,14-20H2,1-5H3. The van der Waals surface area contributed by atoms with Crippen LogP contribution in [0.3, 0.4) is 0 Å². The molecule has 1 aliphatic carbocycles. The molecule has 1 aromatic heterocycles. The number of nitrogens with one attached hydrogen (secondary N) is 1. The number of hydrogen-bond acceptors (Lipinski definition) is 6. The fraction of sp³-hybridized carbons (Fsp3) is 0.700. The Labute approximate surface area is 221 Å². The lowest BCUT2D eigenvalue weighted by molar-refractivity contribution is -0.0481. The maximum absolute atomic E-state index is 13.9. The first-order valence-corrected chi connectivity index (χ1v) is 14.2. The Morgan fingerprint density at radius 1 is 1.11 bits per heavy atom. The van der Waals surface area contributed by atoms with Gasteiger partial charge in [-0.25, -0.2) is 9.36 Å². The van der Waals surface area contributed by atoms with E-state index in [1.165, 1.54) is 0 Å². The summed E-state index contributed by atoms with van der Waals surface area (Å²) in [6, 6.07) is 7.99. The van der Waals surface area contributed by atoms with Gasteiger partial charge in [0, 0.05) is 36.3 Å². The highest BCUT2D eigenvalue weighted by molar-refractivity contribution is 5.95. The van der Waals surface area contributed by atoms with Crippen LogP contribution in [-0.2, 0) is 19.6 Å². The number of unbranched alkanes of at least 4 members (excludes halogenated alkanes) is 2. The van der Waals surface area contributed by atoms with E-state index in [0.717, 1.165) is 60.8 Å². The third-order valence-electron chi connectivity index (χ3n) is 7.81. The van der Waals surface area contributed by atoms with Crippen LogP contribution < -0.4 is 5.32 Å². The van der Waals surface area contributed by atoms with Crippen molar-refractivity contribution in [1.29, 1.82) is 0 Å². The van der Waals surface area contributed by atoms with E-state index in [2.05, 4.69) is 25.2 Å². The molecule has 2 bridgehead atoms. The SMILES string of the molecule is CCCCOCC1(COCCCC)c2c(c3ccccc3n2C(=O)OC(C)(C)C)C2CC(O)C1CCN2. The van der Waals surface area contributed by atoms with Crippen LogP contribution in [-0.4, -0.2) is 60.4 Å². The van der Waals surface area contributed by atoms with Gasteiger partial charge in [0.15, 0.2) is 0 Å². The summed E-state index contributed by atoms with van der Waals surface area (Å²) in [6.45, 7) is 12.8. The van der Waals surface area contributed by atoms with Crippen molar-refractivity contribution in [3.05, 3.63) is 35.5 Å². The van der Waals surface area contributed by atoms with Crippen molar-refractivity contribution in [2.75, 3.05) is 33.0 Å². The number of carbonyl (C=O) groups excluding carboxylic acids is 1. The smallest absolute Gasteiger partial charge is 0.419 e. The average Bonchev–Trinajstić information content (AvgIpc) is 3.01. The van der Waals surface area contributed by atoms with Gasteiger partial charge in [-0.15, -0.1) is 0 Å². The average molecular weight is 515 g/mol. The number of benzene rings is 1. The zero-order valence-electron chi connectivity index (χ0n) is 23.3. The van der Waals surface area contributed by atoms with Crippen molar-refractivity contribution in [3.63, 3.8) is 0 Å². The Morgan fingerprint density at radius 3 is 2.38 bits per heavy atom. The number of aliphatic hydroxyl groups excluding tert-OH is 1. The van der Waals surface area contributed by atoms with Crippen molar-refractivity contribution in [3.8, 4) is 0 Å². The topological polar surface area (TPSA) is 82.0 Å². The van der Waals surface area contributed by atoms with Crippen molar-refractivity contribution in [2.45, 2.75) is 96.3 Å². The van der Waals surface area contributed by atoms with Gasteiger partial charge < -0.3 is 24.6 Å². The van der Waals surface area contributed by atoms with Crippen LogP contribution in [0.15, 0.2) is 24.3 Å². The van der Waals surface area contributed by atoms with Crippen LogP contribution in [0.5, 0.6) is 0 Å². The fourth-order valence-electron chi connectivity index (χ4n) is 6.13. The number of fused-ring (bicyclic) bond motifs is 7. The van der Waals surface area contributed by atoms with Gasteiger partial charge in [0.2, 0.25) is 0 Å². The van der Waals surface area contributed by atoms with E-state index in [0.29, 0.717) is 32.8 Å². The molecule has 0 spiro atoms. The molecule has 37 heavy (non-hydrogen) atoms. The molecule has 206 valence electrons. The van der Waals surface area contributed by atoms with Gasteiger partial charge in [0.1, 0.15) is 5.60 Å². The number of aromatic nitrogens is 1. The maximum Gasteiger partial charge on any atom is 0.419 e. The van der Waals surface area contributed by atoms with Gasteiger partial charge in [0.25, 0.3) is 0 Å². The predicted molar refractivity (Wildman–Crippen MR) is 146 cm³/mol. The summed E-state index contributed by atoms with van der Waals surface area (Å²) < 4.78 is 20.5. The minimum atomic E-state index is -0.691. The molecule has 1 aliphatic heterocycles. The number of para-hydroxylation sites is 1. The van der Waals surface area contributed by atoms with E-state index >= 15 is 0 Å². The number of hydrogen-bond donors (Lipinski definition) is 2. The molecule has 3 atom stereocenters. The molecule has 1 saturated heterocycles. The van der Waals surface area contributed by atoms with Crippen LogP contribution in [0.1, 0.15) is 90.4 Å². The summed E-state index contributed by atoms with van der Waals surface area (Å²) in [5, 5.41) is 16.3. The molecule has 2 aromatic rings. The van der Waals surface area contributed by atoms with Crippen molar-refractivity contribution in [1.82, 2.24) is 9.88 Å². The van der Waals surface area contributed by atoms with Gasteiger partial charge in [-0.05, 0) is 64.6 Å². The van der Waals surface area contributed by atoms with Crippen molar-refractivity contribution >= 4 is 17.0 Å². The second-order valence-electron chi connectivity index (χ2n) is 11.8. The first-order chi connectivity index (χ1) is 17.7. The summed E-state index contributed by atoms with van der Waals surface area (Å²) >= 11 is 0. The Bertz CT molecular complexity index is 1040. The molecule has 7 nitrogen and oxygen atoms in total. The summed E-state index contributed by atoms with van der Waals surface area (Å²) in [4.78, 5) is 13.9. The summed E-state index contributed by atoms with van der Waals surface area (Å²) in [6.07, 6.45) is 4.45. The third kappa shape index (κ3) is 5.75. The van der Waals surface area contributed by atoms with E-state index in [1.54, 1.807) is 4.57 Å². The van der Waals surface area contributed by atoms with Crippen LogP contribution in [0, 0.1) is 5.92 Å². The second kappa shape index (κ2) is 11.9. The zero-order valence-corrected chi connectivity index (χ0v) is 23.3. The maximum atomic E-state index is 13.9. The Hall–Kier alpha value is -1.93. The summed E-state index contributed by atoms with van der Waals surface area (Å²) in [5.74, 6) is -0.125. The normalized spacial score (nSPS) is 23.0. The molecule has 4 rings (SSSR count). The van der Waals surface area contributed by atoms with Crippen molar-refractivity contribution in [2.24, 2.45) is 5.92 Å². The molecule has 2 heterocycles. The molecule has 3 unspecified atom stereocenters. The Kier molecular flexibility index (Phi) is 9.00. The Morgan fingerprint density at radius 2 is 1.76 bits per heavy atom. The third-order valence-corrected chi connectivity index (χ3v) is 7.81. The van der Waals surface area contributed by atoms with E-state index < -0.39 is 23.2 Å². The summed E-state index contributed by atoms with van der Waals surface area (Å²) in [5.41, 5.74) is 1.45. The molecule has 1 aromatic carbocycles. The van der Waals surface area contributed by atoms with Crippen LogP contribution >= 0.6 is 0 Å².